The van der Waals surface area contributed by atoms with E-state index < -0.39 is 0 Å². The van der Waals surface area contributed by atoms with Crippen molar-refractivity contribution in [2.24, 2.45) is 16.6 Å². The van der Waals surface area contributed by atoms with E-state index >= 15 is 0 Å². The average molecular weight is 274 g/mol. The first-order chi connectivity index (χ1) is 9.58. The topological polar surface area (TPSA) is 44.9 Å². The minimum atomic E-state index is 0.297. The van der Waals surface area contributed by atoms with Crippen molar-refractivity contribution in [3.63, 3.8) is 0 Å². The molecule has 4 nitrogen and oxygen atoms in total. The molecule has 1 saturated heterocycles. The quantitative estimate of drug-likeness (QED) is 0.677. The molecule has 20 heavy (non-hydrogen) atoms. The molecule has 0 amide bonds. The third kappa shape index (κ3) is 3.73. The fourth-order valence-corrected chi connectivity index (χ4v) is 2.52. The number of rotatable bonds is 3. The molecule has 2 N–H and O–H groups in total. The molecule has 1 aromatic carbocycles. The lowest BCUT2D eigenvalue weighted by atomic mass is 10.0. The summed E-state index contributed by atoms with van der Waals surface area (Å²) in [6, 6.07) is 10.9. The Labute approximate surface area is 122 Å². The summed E-state index contributed by atoms with van der Waals surface area (Å²) in [4.78, 5) is 9.15. The number of aliphatic imine (C=N–C) groups is 1. The van der Waals surface area contributed by atoms with Gasteiger partial charge in [-0.3, -0.25) is 4.99 Å². The second kappa shape index (κ2) is 6.75. The molecule has 2 rings (SSSR count). The van der Waals surface area contributed by atoms with Crippen molar-refractivity contribution in [2.45, 2.75) is 19.9 Å². The van der Waals surface area contributed by atoms with Crippen LogP contribution in [0.2, 0.25) is 0 Å². The molecule has 0 spiro atoms. The highest BCUT2D eigenvalue weighted by Crippen LogP contribution is 2.24. The lowest BCUT2D eigenvalue weighted by Gasteiger charge is -2.41. The molecule has 1 aromatic rings. The van der Waals surface area contributed by atoms with Crippen molar-refractivity contribution >= 4 is 5.96 Å². The maximum atomic E-state index is 6.23. The van der Waals surface area contributed by atoms with Gasteiger partial charge in [-0.25, -0.2) is 0 Å². The first-order valence-electron chi connectivity index (χ1n) is 7.38. The highest BCUT2D eigenvalue weighted by molar-refractivity contribution is 5.78. The molecule has 1 aliphatic rings. The van der Waals surface area contributed by atoms with Crippen LogP contribution in [-0.4, -0.2) is 49.0 Å². The smallest absolute Gasteiger partial charge is 0.191 e. The van der Waals surface area contributed by atoms with E-state index in [1.54, 1.807) is 0 Å². The standard InChI is InChI=1S/C16H26N4/c1-13(2)11-18-16(17)20-10-9-19(3)12-15(20)14-7-5-4-6-8-14/h4-8,13,15H,9-12H2,1-3H3,(H2,17,18). The maximum Gasteiger partial charge on any atom is 0.191 e. The fraction of sp³-hybridized carbons (Fsp3) is 0.562. The Morgan fingerprint density at radius 2 is 2.00 bits per heavy atom. The summed E-state index contributed by atoms with van der Waals surface area (Å²) in [7, 11) is 2.16. The van der Waals surface area contributed by atoms with Crippen LogP contribution in [0.1, 0.15) is 25.5 Å². The molecular formula is C16H26N4. The van der Waals surface area contributed by atoms with Crippen molar-refractivity contribution in [3.05, 3.63) is 35.9 Å². The summed E-state index contributed by atoms with van der Waals surface area (Å²) < 4.78 is 0. The molecule has 0 aliphatic carbocycles. The number of nitrogens with two attached hydrogens (primary N) is 1. The SMILES string of the molecule is CC(C)CN=C(N)N1CCN(C)CC1c1ccccc1. The monoisotopic (exact) mass is 274 g/mol. The predicted molar refractivity (Wildman–Crippen MR) is 84.7 cm³/mol. The Hall–Kier alpha value is -1.55. The number of hydrogen-bond acceptors (Lipinski definition) is 2. The van der Waals surface area contributed by atoms with Crippen LogP contribution in [0.15, 0.2) is 35.3 Å². The van der Waals surface area contributed by atoms with Gasteiger partial charge in [0.1, 0.15) is 0 Å². The summed E-state index contributed by atoms with van der Waals surface area (Å²) >= 11 is 0. The van der Waals surface area contributed by atoms with Crippen LogP contribution in [0.5, 0.6) is 0 Å². The van der Waals surface area contributed by atoms with Crippen molar-refractivity contribution < 1.29 is 0 Å². The number of nitrogens with zero attached hydrogens (tertiary/aromatic N) is 3. The van der Waals surface area contributed by atoms with E-state index in [1.165, 1.54) is 5.56 Å². The van der Waals surface area contributed by atoms with Crippen molar-refractivity contribution in [1.82, 2.24) is 9.80 Å². The van der Waals surface area contributed by atoms with Crippen LogP contribution in [0, 0.1) is 5.92 Å². The highest BCUT2D eigenvalue weighted by atomic mass is 15.3. The molecule has 1 fully saturated rings. The Morgan fingerprint density at radius 3 is 2.65 bits per heavy atom. The molecule has 1 heterocycles. The minimum absolute atomic E-state index is 0.297. The van der Waals surface area contributed by atoms with Gasteiger partial charge >= 0.3 is 0 Å². The molecule has 0 saturated carbocycles. The first-order valence-corrected chi connectivity index (χ1v) is 7.38. The molecule has 1 aliphatic heterocycles. The largest absolute Gasteiger partial charge is 0.370 e. The summed E-state index contributed by atoms with van der Waals surface area (Å²) in [5, 5.41) is 0. The van der Waals surface area contributed by atoms with Crippen molar-refractivity contribution in [1.29, 1.82) is 0 Å². The zero-order chi connectivity index (χ0) is 14.5. The average Bonchev–Trinajstić information content (AvgIpc) is 2.45. The van der Waals surface area contributed by atoms with Crippen LogP contribution in [0.3, 0.4) is 0 Å². The predicted octanol–water partition coefficient (Wildman–Crippen LogP) is 1.95. The van der Waals surface area contributed by atoms with Crippen LogP contribution < -0.4 is 5.73 Å². The van der Waals surface area contributed by atoms with Crippen LogP contribution in [0.4, 0.5) is 0 Å². The van der Waals surface area contributed by atoms with Gasteiger partial charge in [0.15, 0.2) is 5.96 Å². The molecular weight excluding hydrogens is 248 g/mol. The van der Waals surface area contributed by atoms with E-state index in [1.807, 2.05) is 0 Å². The van der Waals surface area contributed by atoms with Gasteiger partial charge in [0.25, 0.3) is 0 Å². The van der Waals surface area contributed by atoms with E-state index in [-0.39, 0.29) is 0 Å². The maximum absolute atomic E-state index is 6.23. The van der Waals surface area contributed by atoms with Gasteiger partial charge in [0.2, 0.25) is 0 Å². The van der Waals surface area contributed by atoms with Gasteiger partial charge in [0.05, 0.1) is 6.04 Å². The molecule has 1 unspecified atom stereocenters. The Morgan fingerprint density at radius 1 is 1.30 bits per heavy atom. The second-order valence-electron chi connectivity index (χ2n) is 5.97. The molecule has 110 valence electrons. The Kier molecular flexibility index (Phi) is 5.01. The molecule has 4 heteroatoms. The lowest BCUT2D eigenvalue weighted by Crippen LogP contribution is -2.51. The fourth-order valence-electron chi connectivity index (χ4n) is 2.52. The summed E-state index contributed by atoms with van der Waals surface area (Å²) in [6.07, 6.45) is 0. The van der Waals surface area contributed by atoms with Crippen LogP contribution in [-0.2, 0) is 0 Å². The van der Waals surface area contributed by atoms with E-state index in [4.69, 9.17) is 5.73 Å². The van der Waals surface area contributed by atoms with E-state index in [9.17, 15) is 0 Å². The van der Waals surface area contributed by atoms with Gasteiger partial charge in [-0.1, -0.05) is 44.2 Å². The summed E-state index contributed by atoms with van der Waals surface area (Å²) in [5.41, 5.74) is 7.53. The van der Waals surface area contributed by atoms with Crippen molar-refractivity contribution in [2.75, 3.05) is 33.2 Å². The van der Waals surface area contributed by atoms with Gasteiger partial charge in [-0.15, -0.1) is 0 Å². The van der Waals surface area contributed by atoms with Crippen LogP contribution in [0.25, 0.3) is 0 Å². The lowest BCUT2D eigenvalue weighted by molar-refractivity contribution is 0.150. The normalized spacial score (nSPS) is 21.5. The number of piperazine rings is 1. The summed E-state index contributed by atoms with van der Waals surface area (Å²) in [5.74, 6) is 1.22. The number of guanidine groups is 1. The molecule has 0 bridgehead atoms. The van der Waals surface area contributed by atoms with Gasteiger partial charge in [-0.2, -0.15) is 0 Å². The third-order valence-electron chi connectivity index (χ3n) is 3.68. The number of benzene rings is 1. The van der Waals surface area contributed by atoms with Gasteiger partial charge < -0.3 is 15.5 Å². The second-order valence-corrected chi connectivity index (χ2v) is 5.97. The summed E-state index contributed by atoms with van der Waals surface area (Å²) in [6.45, 7) is 8.07. The minimum Gasteiger partial charge on any atom is -0.370 e. The molecule has 0 aromatic heterocycles. The van der Waals surface area contributed by atoms with E-state index in [2.05, 4.69) is 66.0 Å². The molecule has 1 atom stereocenters. The molecule has 0 radical (unpaired) electrons. The Balaban J connectivity index is 2.18. The number of likely N-dealkylation sites (N-methyl/N-ethyl adjacent to an activating group) is 1. The first kappa shape index (κ1) is 14.9. The van der Waals surface area contributed by atoms with Gasteiger partial charge in [0, 0.05) is 26.2 Å². The third-order valence-corrected chi connectivity index (χ3v) is 3.68. The van der Waals surface area contributed by atoms with Crippen LogP contribution >= 0.6 is 0 Å². The van der Waals surface area contributed by atoms with E-state index in [0.29, 0.717) is 17.9 Å². The van der Waals surface area contributed by atoms with Crippen molar-refractivity contribution in [3.8, 4) is 0 Å². The zero-order valence-electron chi connectivity index (χ0n) is 12.8. The highest BCUT2D eigenvalue weighted by Gasteiger charge is 2.27. The number of hydrogen-bond donors (Lipinski definition) is 1. The van der Waals surface area contributed by atoms with E-state index in [0.717, 1.165) is 26.2 Å². The Bertz CT molecular complexity index is 441. The van der Waals surface area contributed by atoms with Gasteiger partial charge in [-0.05, 0) is 18.5 Å². The zero-order valence-corrected chi connectivity index (χ0v) is 12.8.